The van der Waals surface area contributed by atoms with Gasteiger partial charge in [0.15, 0.2) is 0 Å². The highest BCUT2D eigenvalue weighted by Crippen LogP contribution is 2.09. The summed E-state index contributed by atoms with van der Waals surface area (Å²) in [6.45, 7) is 4.27. The zero-order valence-electron chi connectivity index (χ0n) is 13.1. The maximum absolute atomic E-state index is 10.1. The summed E-state index contributed by atoms with van der Waals surface area (Å²) in [5, 5.41) is 14.3. The van der Waals surface area contributed by atoms with Crippen LogP contribution in [-0.4, -0.2) is 64.8 Å². The molecule has 0 spiro atoms. The third-order valence-electron chi connectivity index (χ3n) is 3.78. The number of ether oxygens (including phenoxy) is 2. The van der Waals surface area contributed by atoms with E-state index in [-0.39, 0.29) is 6.10 Å². The number of hydrogen-bond donors (Lipinski definition) is 1. The standard InChI is InChI=1S/C16H23N3O4/c20-14(12-21-13-15-3-1-7-22-15)9-18-6-8-23-16(10-18)11-19-5-2-4-17-19/h1-5,7,14,16,20H,6,8-13H2/t14-,16-/m0/s1. The Morgan fingerprint density at radius 3 is 3.17 bits per heavy atom. The molecule has 7 nitrogen and oxygen atoms in total. The van der Waals surface area contributed by atoms with Crippen LogP contribution in [0.3, 0.4) is 0 Å². The molecule has 0 unspecified atom stereocenters. The second kappa shape index (κ2) is 8.26. The molecule has 1 N–H and O–H groups in total. The molecule has 1 aliphatic heterocycles. The molecule has 126 valence electrons. The number of β-amino-alcohol motifs (C(OH)–C–C–N with tert-alkyl or cyclic N) is 1. The van der Waals surface area contributed by atoms with Gasteiger partial charge in [0.05, 0.1) is 38.2 Å². The minimum atomic E-state index is -0.520. The summed E-state index contributed by atoms with van der Waals surface area (Å²) in [5.41, 5.74) is 0. The van der Waals surface area contributed by atoms with Crippen LogP contribution in [0.4, 0.5) is 0 Å². The van der Waals surface area contributed by atoms with Crippen molar-refractivity contribution in [1.82, 2.24) is 14.7 Å². The highest BCUT2D eigenvalue weighted by molar-refractivity contribution is 4.96. The molecular formula is C16H23N3O4. The monoisotopic (exact) mass is 321 g/mol. The number of rotatable bonds is 8. The Kier molecular flexibility index (Phi) is 5.82. The maximum atomic E-state index is 10.1. The summed E-state index contributed by atoms with van der Waals surface area (Å²) < 4.78 is 18.3. The van der Waals surface area contributed by atoms with Crippen LogP contribution in [0.15, 0.2) is 41.3 Å². The fourth-order valence-electron chi connectivity index (χ4n) is 2.71. The molecule has 2 aromatic rings. The molecule has 0 radical (unpaired) electrons. The Balaban J connectivity index is 1.36. The Bertz CT molecular complexity index is 544. The van der Waals surface area contributed by atoms with Crippen LogP contribution < -0.4 is 0 Å². The van der Waals surface area contributed by atoms with Crippen molar-refractivity contribution in [3.8, 4) is 0 Å². The van der Waals surface area contributed by atoms with Crippen molar-refractivity contribution < 1.29 is 19.0 Å². The molecule has 1 aliphatic rings. The molecule has 1 saturated heterocycles. The van der Waals surface area contributed by atoms with Gasteiger partial charge >= 0.3 is 0 Å². The van der Waals surface area contributed by atoms with E-state index in [1.54, 1.807) is 12.5 Å². The summed E-state index contributed by atoms with van der Waals surface area (Å²) in [4.78, 5) is 2.21. The highest BCUT2D eigenvalue weighted by Gasteiger charge is 2.22. The summed E-state index contributed by atoms with van der Waals surface area (Å²) in [7, 11) is 0. The lowest BCUT2D eigenvalue weighted by molar-refractivity contribution is -0.0590. The first-order valence-corrected chi connectivity index (χ1v) is 7.89. The molecule has 23 heavy (non-hydrogen) atoms. The molecule has 0 aromatic carbocycles. The summed E-state index contributed by atoms with van der Waals surface area (Å²) in [5.74, 6) is 0.767. The third-order valence-corrected chi connectivity index (χ3v) is 3.78. The molecule has 2 atom stereocenters. The minimum Gasteiger partial charge on any atom is -0.467 e. The van der Waals surface area contributed by atoms with Gasteiger partial charge in [-0.3, -0.25) is 9.58 Å². The first-order chi connectivity index (χ1) is 11.3. The molecule has 0 saturated carbocycles. The largest absolute Gasteiger partial charge is 0.467 e. The molecule has 1 fully saturated rings. The lowest BCUT2D eigenvalue weighted by Gasteiger charge is -2.33. The SMILES string of the molecule is O[C@H](COCc1ccco1)CN1CCO[C@H](Cn2cccn2)C1. The normalized spacial score (nSPS) is 20.7. The van der Waals surface area contributed by atoms with Gasteiger partial charge in [-0.25, -0.2) is 0 Å². The lowest BCUT2D eigenvalue weighted by Crippen LogP contribution is -2.47. The van der Waals surface area contributed by atoms with E-state index in [9.17, 15) is 5.11 Å². The first kappa shape index (κ1) is 16.2. The number of aromatic nitrogens is 2. The van der Waals surface area contributed by atoms with Gasteiger partial charge in [0.2, 0.25) is 0 Å². The van der Waals surface area contributed by atoms with Crippen molar-refractivity contribution >= 4 is 0 Å². The van der Waals surface area contributed by atoms with Crippen molar-refractivity contribution in [3.63, 3.8) is 0 Å². The molecule has 0 amide bonds. The second-order valence-electron chi connectivity index (χ2n) is 5.73. The van der Waals surface area contributed by atoms with Crippen LogP contribution in [0.5, 0.6) is 0 Å². The Labute approximate surface area is 135 Å². The van der Waals surface area contributed by atoms with Crippen molar-refractivity contribution in [2.75, 3.05) is 32.8 Å². The van der Waals surface area contributed by atoms with Gasteiger partial charge in [-0.05, 0) is 18.2 Å². The third kappa shape index (κ3) is 5.18. The van der Waals surface area contributed by atoms with Gasteiger partial charge < -0.3 is 19.0 Å². The molecule has 0 aliphatic carbocycles. The lowest BCUT2D eigenvalue weighted by atomic mass is 10.2. The van der Waals surface area contributed by atoms with Gasteiger partial charge in [-0.1, -0.05) is 0 Å². The minimum absolute atomic E-state index is 0.0971. The Hall–Kier alpha value is -1.67. The predicted octanol–water partition coefficient (Wildman–Crippen LogP) is 0.755. The number of aliphatic hydroxyl groups excluding tert-OH is 1. The van der Waals surface area contributed by atoms with Crippen molar-refractivity contribution in [2.24, 2.45) is 0 Å². The van der Waals surface area contributed by atoms with Crippen LogP contribution in [0.1, 0.15) is 5.76 Å². The van der Waals surface area contributed by atoms with E-state index in [4.69, 9.17) is 13.9 Å². The van der Waals surface area contributed by atoms with Crippen LogP contribution in [-0.2, 0) is 22.6 Å². The second-order valence-corrected chi connectivity index (χ2v) is 5.73. The zero-order valence-corrected chi connectivity index (χ0v) is 13.1. The zero-order chi connectivity index (χ0) is 15.9. The number of hydrogen-bond acceptors (Lipinski definition) is 6. The van der Waals surface area contributed by atoms with E-state index >= 15 is 0 Å². The summed E-state index contributed by atoms with van der Waals surface area (Å²) in [6.07, 6.45) is 4.89. The van der Waals surface area contributed by atoms with E-state index in [0.29, 0.717) is 26.4 Å². The molecule has 3 heterocycles. The van der Waals surface area contributed by atoms with Crippen LogP contribution >= 0.6 is 0 Å². The predicted molar refractivity (Wildman–Crippen MR) is 82.8 cm³/mol. The number of furan rings is 1. The molecular weight excluding hydrogens is 298 g/mol. The summed E-state index contributed by atoms with van der Waals surface area (Å²) >= 11 is 0. The van der Waals surface area contributed by atoms with Crippen LogP contribution in [0.25, 0.3) is 0 Å². The average molecular weight is 321 g/mol. The van der Waals surface area contributed by atoms with Crippen LogP contribution in [0, 0.1) is 0 Å². The molecule has 0 bridgehead atoms. The summed E-state index contributed by atoms with van der Waals surface area (Å²) in [6, 6.07) is 5.58. The highest BCUT2D eigenvalue weighted by atomic mass is 16.5. The molecule has 2 aromatic heterocycles. The van der Waals surface area contributed by atoms with Crippen molar-refractivity contribution in [1.29, 1.82) is 0 Å². The Morgan fingerprint density at radius 2 is 2.39 bits per heavy atom. The van der Waals surface area contributed by atoms with Crippen molar-refractivity contribution in [3.05, 3.63) is 42.6 Å². The molecule has 3 rings (SSSR count). The van der Waals surface area contributed by atoms with E-state index < -0.39 is 6.10 Å². The van der Waals surface area contributed by atoms with Crippen molar-refractivity contribution in [2.45, 2.75) is 25.4 Å². The topological polar surface area (TPSA) is 72.9 Å². The van der Waals surface area contributed by atoms with Gasteiger partial charge in [-0.15, -0.1) is 0 Å². The molecule has 7 heteroatoms. The van der Waals surface area contributed by atoms with E-state index in [2.05, 4.69) is 10.00 Å². The fourth-order valence-corrected chi connectivity index (χ4v) is 2.71. The quantitative estimate of drug-likeness (QED) is 0.774. The fraction of sp³-hybridized carbons (Fsp3) is 0.562. The van der Waals surface area contributed by atoms with E-state index in [1.165, 1.54) is 0 Å². The van der Waals surface area contributed by atoms with Gasteiger partial charge in [0.25, 0.3) is 0 Å². The van der Waals surface area contributed by atoms with Crippen LogP contribution in [0.2, 0.25) is 0 Å². The average Bonchev–Trinajstić information content (AvgIpc) is 3.21. The van der Waals surface area contributed by atoms with E-state index in [1.807, 2.05) is 29.1 Å². The number of nitrogens with zero attached hydrogens (tertiary/aromatic N) is 3. The van der Waals surface area contributed by atoms with Gasteiger partial charge in [0, 0.05) is 32.0 Å². The number of morpholine rings is 1. The smallest absolute Gasteiger partial charge is 0.129 e. The van der Waals surface area contributed by atoms with E-state index in [0.717, 1.165) is 25.4 Å². The number of aliphatic hydroxyl groups is 1. The first-order valence-electron chi connectivity index (χ1n) is 7.89. The Morgan fingerprint density at radius 1 is 1.43 bits per heavy atom. The van der Waals surface area contributed by atoms with Gasteiger partial charge in [0.1, 0.15) is 12.4 Å². The van der Waals surface area contributed by atoms with Gasteiger partial charge in [-0.2, -0.15) is 5.10 Å². The maximum Gasteiger partial charge on any atom is 0.129 e.